The lowest BCUT2D eigenvalue weighted by Crippen LogP contribution is -2.65. The molecule has 0 aromatic carbocycles. The second-order valence-electron chi connectivity index (χ2n) is 21.5. The van der Waals surface area contributed by atoms with Crippen LogP contribution in [0.2, 0.25) is 0 Å². The Morgan fingerprint density at radius 3 is 1.39 bits per heavy atom. The largest absolute Gasteiger partial charge is 0.394 e. The SMILES string of the molecule is CCCCCCC/C=C\C/C=C\CCCCCCCCCCCCCCCCCCCC(=O)NC(COC1OC(CO)C(OC2OC(CO)C(O)C(O)C2O)C(O)C1O)C(O)/C=C/CC/C=C/CCCCCCCC. The van der Waals surface area contributed by atoms with Gasteiger partial charge in [0.05, 0.1) is 32.0 Å². The minimum absolute atomic E-state index is 0.249. The monoisotopic (exact) mass is 1070 g/mol. The molecule has 0 aliphatic carbocycles. The molecule has 1 amide bonds. The first-order chi connectivity index (χ1) is 36.6. The van der Waals surface area contributed by atoms with Gasteiger partial charge in [-0.25, -0.2) is 0 Å². The molecule has 0 saturated carbocycles. The predicted octanol–water partition coefficient (Wildman–Crippen LogP) is 10.4. The van der Waals surface area contributed by atoms with Crippen molar-refractivity contribution in [3.05, 3.63) is 48.6 Å². The van der Waals surface area contributed by atoms with Crippen molar-refractivity contribution in [2.75, 3.05) is 19.8 Å². The Bertz CT molecular complexity index is 1440. The second kappa shape index (κ2) is 46.8. The summed E-state index contributed by atoms with van der Waals surface area (Å²) in [4.78, 5) is 13.2. The molecule has 9 N–H and O–H groups in total. The molecular formula is C61H111NO13. The van der Waals surface area contributed by atoms with Crippen LogP contribution in [-0.2, 0) is 23.7 Å². The second-order valence-corrected chi connectivity index (χ2v) is 21.5. The van der Waals surface area contributed by atoms with Crippen molar-refractivity contribution in [2.45, 2.75) is 312 Å². The standard InChI is InChI=1S/C61H111NO13/c1-3-5-7-9-11-13-15-17-18-19-20-21-22-23-24-25-26-27-28-29-30-31-32-33-35-37-39-41-43-45-53(66)62-49(50(65)44-42-40-38-36-34-16-14-12-10-8-6-4-2)48-72-60-58(71)56(69)59(52(47-64)74-60)75-61-57(70)55(68)54(67)51(46-63)73-61/h15,17,19-20,34,36,42,44,49-52,54-61,63-65,67-71H,3-14,16,18,21-33,35,37-41,43,45-48H2,1-2H3,(H,62,66)/b17-15-,20-19-,36-34+,44-42+. The highest BCUT2D eigenvalue weighted by Gasteiger charge is 2.51. The molecule has 2 saturated heterocycles. The average molecular weight is 1070 g/mol. The van der Waals surface area contributed by atoms with E-state index in [1.165, 1.54) is 167 Å². The average Bonchev–Trinajstić information content (AvgIpc) is 3.41. The zero-order chi connectivity index (χ0) is 54.6. The van der Waals surface area contributed by atoms with Crippen LogP contribution in [0.4, 0.5) is 0 Å². The fraction of sp³-hybridized carbons (Fsp3) is 0.852. The molecule has 14 nitrogen and oxygen atoms in total. The van der Waals surface area contributed by atoms with Gasteiger partial charge >= 0.3 is 0 Å². The lowest BCUT2D eigenvalue weighted by molar-refractivity contribution is -0.359. The Morgan fingerprint density at radius 1 is 0.480 bits per heavy atom. The molecule has 438 valence electrons. The zero-order valence-electron chi connectivity index (χ0n) is 47.0. The molecule has 12 unspecified atom stereocenters. The van der Waals surface area contributed by atoms with Crippen molar-refractivity contribution in [2.24, 2.45) is 0 Å². The van der Waals surface area contributed by atoms with Crippen LogP contribution in [0.15, 0.2) is 48.6 Å². The Balaban J connectivity index is 1.67. The number of unbranched alkanes of at least 4 members (excludes halogenated alkanes) is 29. The third-order valence-electron chi connectivity index (χ3n) is 14.7. The van der Waals surface area contributed by atoms with Crippen LogP contribution in [0.1, 0.15) is 239 Å². The number of carbonyl (C=O) groups is 1. The summed E-state index contributed by atoms with van der Waals surface area (Å²) >= 11 is 0. The normalized spacial score (nSPS) is 25.4. The number of ether oxygens (including phenoxy) is 4. The molecule has 2 rings (SSSR count). The number of aliphatic hydroxyl groups excluding tert-OH is 8. The maximum Gasteiger partial charge on any atom is 0.220 e. The van der Waals surface area contributed by atoms with E-state index in [4.69, 9.17) is 18.9 Å². The summed E-state index contributed by atoms with van der Waals surface area (Å²) in [6.07, 6.45) is 41.7. The van der Waals surface area contributed by atoms with Crippen LogP contribution in [0.5, 0.6) is 0 Å². The molecule has 2 aliphatic heterocycles. The number of rotatable bonds is 48. The molecule has 14 heteroatoms. The number of aliphatic hydroxyl groups is 8. The summed E-state index contributed by atoms with van der Waals surface area (Å²) in [6, 6.07) is -0.930. The van der Waals surface area contributed by atoms with Gasteiger partial charge in [-0.2, -0.15) is 0 Å². The highest BCUT2D eigenvalue weighted by atomic mass is 16.7. The Kier molecular flexibility index (Phi) is 43.1. The number of hydrogen-bond donors (Lipinski definition) is 9. The van der Waals surface area contributed by atoms with Crippen LogP contribution in [0, 0.1) is 0 Å². The van der Waals surface area contributed by atoms with Gasteiger partial charge in [-0.15, -0.1) is 0 Å². The number of hydrogen-bond acceptors (Lipinski definition) is 13. The van der Waals surface area contributed by atoms with Gasteiger partial charge in [-0.05, 0) is 64.2 Å². The van der Waals surface area contributed by atoms with E-state index in [2.05, 4.69) is 55.6 Å². The van der Waals surface area contributed by atoms with Crippen LogP contribution in [0.25, 0.3) is 0 Å². The Labute approximate surface area is 454 Å². The van der Waals surface area contributed by atoms with Gasteiger partial charge in [-0.3, -0.25) is 4.79 Å². The van der Waals surface area contributed by atoms with E-state index in [9.17, 15) is 45.6 Å². The smallest absolute Gasteiger partial charge is 0.220 e. The third kappa shape index (κ3) is 32.6. The van der Waals surface area contributed by atoms with Gasteiger partial charge < -0.3 is 65.1 Å². The van der Waals surface area contributed by atoms with E-state index in [0.29, 0.717) is 12.8 Å². The van der Waals surface area contributed by atoms with Gasteiger partial charge in [-0.1, -0.05) is 217 Å². The first-order valence-corrected chi connectivity index (χ1v) is 30.4. The van der Waals surface area contributed by atoms with Crippen molar-refractivity contribution >= 4 is 5.91 Å². The van der Waals surface area contributed by atoms with Crippen molar-refractivity contribution in [1.29, 1.82) is 0 Å². The molecule has 2 heterocycles. The predicted molar refractivity (Wildman–Crippen MR) is 300 cm³/mol. The molecule has 0 radical (unpaired) electrons. The fourth-order valence-corrected chi connectivity index (χ4v) is 9.81. The summed E-state index contributed by atoms with van der Waals surface area (Å²) in [6.45, 7) is 2.75. The molecule has 0 bridgehead atoms. The summed E-state index contributed by atoms with van der Waals surface area (Å²) < 4.78 is 22.7. The zero-order valence-corrected chi connectivity index (χ0v) is 47.0. The lowest BCUT2D eigenvalue weighted by atomic mass is 9.97. The van der Waals surface area contributed by atoms with E-state index < -0.39 is 86.8 Å². The van der Waals surface area contributed by atoms with Crippen molar-refractivity contribution in [3.8, 4) is 0 Å². The highest BCUT2D eigenvalue weighted by molar-refractivity contribution is 5.76. The summed E-state index contributed by atoms with van der Waals surface area (Å²) in [5, 5.41) is 86.9. The first kappa shape index (κ1) is 69.1. The third-order valence-corrected chi connectivity index (χ3v) is 14.7. The quantitative estimate of drug-likeness (QED) is 0.0204. The molecular weight excluding hydrogens is 955 g/mol. The molecule has 0 spiro atoms. The topological polar surface area (TPSA) is 228 Å². The van der Waals surface area contributed by atoms with Crippen LogP contribution in [-0.4, -0.2) is 140 Å². The maximum absolute atomic E-state index is 13.2. The van der Waals surface area contributed by atoms with Gasteiger partial charge in [0.15, 0.2) is 12.6 Å². The summed E-state index contributed by atoms with van der Waals surface area (Å²) in [7, 11) is 0. The van der Waals surface area contributed by atoms with Crippen molar-refractivity contribution < 1.29 is 64.6 Å². The van der Waals surface area contributed by atoms with E-state index in [1.807, 2.05) is 6.08 Å². The molecule has 12 atom stereocenters. The minimum Gasteiger partial charge on any atom is -0.394 e. The van der Waals surface area contributed by atoms with Gasteiger partial charge in [0.25, 0.3) is 0 Å². The Hall–Kier alpha value is -2.05. The molecule has 2 aliphatic rings. The van der Waals surface area contributed by atoms with Crippen LogP contribution >= 0.6 is 0 Å². The number of allylic oxidation sites excluding steroid dienone is 7. The molecule has 75 heavy (non-hydrogen) atoms. The molecule has 2 fully saturated rings. The van der Waals surface area contributed by atoms with Crippen LogP contribution in [0.3, 0.4) is 0 Å². The maximum atomic E-state index is 13.2. The van der Waals surface area contributed by atoms with E-state index in [-0.39, 0.29) is 18.9 Å². The first-order valence-electron chi connectivity index (χ1n) is 30.4. The molecule has 0 aromatic heterocycles. The van der Waals surface area contributed by atoms with Gasteiger partial charge in [0.2, 0.25) is 5.91 Å². The van der Waals surface area contributed by atoms with Crippen molar-refractivity contribution in [3.63, 3.8) is 0 Å². The molecule has 0 aromatic rings. The minimum atomic E-state index is -1.79. The Morgan fingerprint density at radius 2 is 0.893 bits per heavy atom. The van der Waals surface area contributed by atoms with Crippen molar-refractivity contribution in [1.82, 2.24) is 5.32 Å². The van der Waals surface area contributed by atoms with Gasteiger partial charge in [0, 0.05) is 6.42 Å². The number of amides is 1. The number of nitrogens with one attached hydrogen (secondary N) is 1. The fourth-order valence-electron chi connectivity index (χ4n) is 9.81. The lowest BCUT2D eigenvalue weighted by Gasteiger charge is -2.46. The summed E-state index contributed by atoms with van der Waals surface area (Å²) in [5.41, 5.74) is 0. The van der Waals surface area contributed by atoms with Crippen LogP contribution < -0.4 is 5.32 Å². The summed E-state index contributed by atoms with van der Waals surface area (Å²) in [5.74, 6) is -0.249. The van der Waals surface area contributed by atoms with E-state index >= 15 is 0 Å². The van der Waals surface area contributed by atoms with E-state index in [0.717, 1.165) is 38.5 Å². The number of carbonyl (C=O) groups excluding carboxylic acids is 1. The van der Waals surface area contributed by atoms with E-state index in [1.54, 1.807) is 6.08 Å². The highest BCUT2D eigenvalue weighted by Crippen LogP contribution is 2.30. The van der Waals surface area contributed by atoms with Gasteiger partial charge in [0.1, 0.15) is 48.8 Å².